The molecule has 0 fully saturated rings. The zero-order chi connectivity index (χ0) is 21.3. The summed E-state index contributed by atoms with van der Waals surface area (Å²) in [6, 6.07) is 12.9. The summed E-state index contributed by atoms with van der Waals surface area (Å²) in [6.07, 6.45) is 1.66. The van der Waals surface area contributed by atoms with Gasteiger partial charge in [0.2, 0.25) is 0 Å². The Kier molecular flexibility index (Phi) is 7.68. The van der Waals surface area contributed by atoms with Gasteiger partial charge in [-0.25, -0.2) is 5.01 Å². The van der Waals surface area contributed by atoms with Crippen LogP contribution in [0, 0.1) is 0 Å². The molecule has 1 heterocycles. The van der Waals surface area contributed by atoms with Gasteiger partial charge in [-0.3, -0.25) is 4.79 Å². The molecule has 7 heteroatoms. The number of nitrogens with one attached hydrogen (secondary N) is 1. The minimum absolute atomic E-state index is 0.118. The van der Waals surface area contributed by atoms with E-state index in [4.69, 9.17) is 14.2 Å². The number of rotatable bonds is 9. The second kappa shape index (κ2) is 10.6. The number of carbonyl (C=O) groups excluding carboxylic acids is 1. The summed E-state index contributed by atoms with van der Waals surface area (Å²) < 4.78 is 16.6. The lowest BCUT2D eigenvalue weighted by atomic mass is 10.0. The van der Waals surface area contributed by atoms with Crippen molar-refractivity contribution in [2.75, 3.05) is 40.5 Å². The van der Waals surface area contributed by atoms with Gasteiger partial charge in [0, 0.05) is 24.2 Å². The van der Waals surface area contributed by atoms with E-state index in [1.165, 1.54) is 0 Å². The number of likely N-dealkylation sites (N-methyl/N-ethyl adjacent to an activating group) is 1. The van der Waals surface area contributed by atoms with E-state index >= 15 is 0 Å². The Balaban J connectivity index is 1.75. The van der Waals surface area contributed by atoms with Crippen LogP contribution >= 0.6 is 0 Å². The first kappa shape index (κ1) is 21.6. The van der Waals surface area contributed by atoms with Crippen LogP contribution in [0.2, 0.25) is 0 Å². The van der Waals surface area contributed by atoms with Gasteiger partial charge in [-0.2, -0.15) is 5.10 Å². The van der Waals surface area contributed by atoms with Gasteiger partial charge in [-0.1, -0.05) is 0 Å². The maximum absolute atomic E-state index is 12.9. The Morgan fingerprint density at radius 1 is 1.13 bits per heavy atom. The summed E-state index contributed by atoms with van der Waals surface area (Å²) in [5, 5.41) is 9.20. The fourth-order valence-electron chi connectivity index (χ4n) is 3.23. The Bertz CT molecular complexity index is 881. The van der Waals surface area contributed by atoms with Crippen molar-refractivity contribution in [1.29, 1.82) is 0 Å². The number of nitrogens with zero attached hydrogens (tertiary/aromatic N) is 2. The van der Waals surface area contributed by atoms with Crippen LogP contribution in [-0.4, -0.2) is 57.1 Å². The van der Waals surface area contributed by atoms with Crippen molar-refractivity contribution in [1.82, 2.24) is 10.3 Å². The molecule has 0 bridgehead atoms. The fraction of sp³-hybridized carbons (Fsp3) is 0.391. The molecular formula is C23H29N3O4. The van der Waals surface area contributed by atoms with Gasteiger partial charge < -0.3 is 19.5 Å². The largest absolute Gasteiger partial charge is 0.493 e. The third-order valence-corrected chi connectivity index (χ3v) is 4.78. The van der Waals surface area contributed by atoms with Crippen LogP contribution in [-0.2, 0) is 0 Å². The van der Waals surface area contributed by atoms with Crippen molar-refractivity contribution in [2.24, 2.45) is 5.10 Å². The van der Waals surface area contributed by atoms with E-state index in [0.717, 1.165) is 36.4 Å². The Labute approximate surface area is 177 Å². The number of methoxy groups -OCH3 is 1. The van der Waals surface area contributed by atoms with E-state index < -0.39 is 0 Å². The molecule has 2 aromatic carbocycles. The van der Waals surface area contributed by atoms with Crippen LogP contribution in [0.5, 0.6) is 17.2 Å². The smallest absolute Gasteiger partial charge is 0.273 e. The molecule has 1 amide bonds. The van der Waals surface area contributed by atoms with Gasteiger partial charge in [0.25, 0.3) is 5.91 Å². The highest BCUT2D eigenvalue weighted by Gasteiger charge is 2.21. The average molecular weight is 412 g/mol. The summed E-state index contributed by atoms with van der Waals surface area (Å²) in [5.41, 5.74) is 2.39. The van der Waals surface area contributed by atoms with E-state index in [-0.39, 0.29) is 5.91 Å². The van der Waals surface area contributed by atoms with Crippen molar-refractivity contribution < 1.29 is 19.0 Å². The predicted molar refractivity (Wildman–Crippen MR) is 117 cm³/mol. The first-order valence-electron chi connectivity index (χ1n) is 10.2. The summed E-state index contributed by atoms with van der Waals surface area (Å²) in [4.78, 5) is 12.9. The number of hydrogen-bond donors (Lipinski definition) is 1. The van der Waals surface area contributed by atoms with Gasteiger partial charge in [-0.15, -0.1) is 0 Å². The summed E-state index contributed by atoms with van der Waals surface area (Å²) in [6.45, 7) is 4.42. The van der Waals surface area contributed by atoms with Crippen LogP contribution in [0.25, 0.3) is 0 Å². The molecule has 0 atom stereocenters. The molecule has 1 aliphatic heterocycles. The highest BCUT2D eigenvalue weighted by Crippen LogP contribution is 2.29. The molecule has 0 radical (unpaired) electrons. The molecule has 3 rings (SSSR count). The van der Waals surface area contributed by atoms with Gasteiger partial charge in [0.15, 0.2) is 11.5 Å². The molecule has 1 aliphatic rings. The Morgan fingerprint density at radius 2 is 1.93 bits per heavy atom. The maximum atomic E-state index is 12.9. The number of amides is 1. The van der Waals surface area contributed by atoms with Gasteiger partial charge in [0.05, 0.1) is 19.4 Å². The van der Waals surface area contributed by atoms with E-state index in [1.54, 1.807) is 24.3 Å². The summed E-state index contributed by atoms with van der Waals surface area (Å²) in [7, 11) is 3.50. The molecule has 2 aromatic rings. The first-order chi connectivity index (χ1) is 14.7. The van der Waals surface area contributed by atoms with Crippen LogP contribution in [0.4, 0.5) is 0 Å². The molecule has 0 spiro atoms. The lowest BCUT2D eigenvalue weighted by molar-refractivity contribution is 0.0751. The maximum Gasteiger partial charge on any atom is 0.273 e. The monoisotopic (exact) mass is 411 g/mol. The third-order valence-electron chi connectivity index (χ3n) is 4.78. The van der Waals surface area contributed by atoms with Crippen LogP contribution in [0.3, 0.4) is 0 Å². The molecule has 0 aromatic heterocycles. The quantitative estimate of drug-likeness (QED) is 0.641. The van der Waals surface area contributed by atoms with Gasteiger partial charge in [-0.05, 0) is 69.3 Å². The molecular weight excluding hydrogens is 382 g/mol. The fourth-order valence-corrected chi connectivity index (χ4v) is 3.23. The van der Waals surface area contributed by atoms with Gasteiger partial charge in [0.1, 0.15) is 12.4 Å². The topological polar surface area (TPSA) is 72.4 Å². The Hall–Kier alpha value is -3.06. The summed E-state index contributed by atoms with van der Waals surface area (Å²) >= 11 is 0. The van der Waals surface area contributed by atoms with Crippen LogP contribution < -0.4 is 19.5 Å². The molecule has 0 saturated heterocycles. The number of hydrazone groups is 1. The number of hydrogen-bond acceptors (Lipinski definition) is 6. The van der Waals surface area contributed by atoms with Crippen molar-refractivity contribution in [2.45, 2.75) is 19.8 Å². The van der Waals surface area contributed by atoms with Crippen molar-refractivity contribution in [3.63, 3.8) is 0 Å². The number of carbonyl (C=O) groups is 1. The normalized spacial score (nSPS) is 13.6. The van der Waals surface area contributed by atoms with E-state index in [0.29, 0.717) is 36.8 Å². The van der Waals surface area contributed by atoms with Gasteiger partial charge >= 0.3 is 0 Å². The van der Waals surface area contributed by atoms with Crippen molar-refractivity contribution in [3.05, 3.63) is 53.6 Å². The minimum atomic E-state index is -0.118. The van der Waals surface area contributed by atoms with Crippen LogP contribution in [0.1, 0.15) is 35.7 Å². The zero-order valence-corrected chi connectivity index (χ0v) is 17.8. The first-order valence-corrected chi connectivity index (χ1v) is 10.2. The minimum Gasteiger partial charge on any atom is -0.493 e. The van der Waals surface area contributed by atoms with E-state index in [9.17, 15) is 4.79 Å². The average Bonchev–Trinajstić information content (AvgIpc) is 2.79. The molecule has 1 N–H and O–H groups in total. The van der Waals surface area contributed by atoms with Crippen LogP contribution in [0.15, 0.2) is 47.6 Å². The van der Waals surface area contributed by atoms with E-state index in [1.807, 2.05) is 44.3 Å². The Morgan fingerprint density at radius 3 is 2.63 bits per heavy atom. The number of benzene rings is 2. The van der Waals surface area contributed by atoms with Crippen molar-refractivity contribution in [3.8, 4) is 17.2 Å². The SMILES string of the molecule is CCOc1cc(C2=NN(C(=O)c3ccc(OCCNC)cc3)CCC2)ccc1OC. The molecule has 0 saturated carbocycles. The third kappa shape index (κ3) is 5.30. The molecule has 0 aliphatic carbocycles. The summed E-state index contributed by atoms with van der Waals surface area (Å²) in [5.74, 6) is 1.98. The zero-order valence-electron chi connectivity index (χ0n) is 17.8. The highest BCUT2D eigenvalue weighted by atomic mass is 16.5. The number of ether oxygens (including phenoxy) is 3. The molecule has 0 unspecified atom stereocenters. The standard InChI is InChI=1S/C23H29N3O4/c1-4-29-22-16-18(9-12-21(22)28-3)20-6-5-14-26(25-20)23(27)17-7-10-19(11-8-17)30-15-13-24-2/h7-12,16,24H,4-6,13-15H2,1-3H3. The molecule has 7 nitrogen and oxygen atoms in total. The molecule has 160 valence electrons. The van der Waals surface area contributed by atoms with E-state index in [2.05, 4.69) is 10.4 Å². The molecule has 30 heavy (non-hydrogen) atoms. The lowest BCUT2D eigenvalue weighted by Gasteiger charge is -2.24. The highest BCUT2D eigenvalue weighted by molar-refractivity contribution is 6.03. The second-order valence-corrected chi connectivity index (χ2v) is 6.85. The lowest BCUT2D eigenvalue weighted by Crippen LogP contribution is -2.32. The predicted octanol–water partition coefficient (Wildman–Crippen LogP) is 3.33. The second-order valence-electron chi connectivity index (χ2n) is 6.85. The van der Waals surface area contributed by atoms with Crippen molar-refractivity contribution >= 4 is 11.6 Å².